The van der Waals surface area contributed by atoms with Crippen LogP contribution in [-0.2, 0) is 16.6 Å². The van der Waals surface area contributed by atoms with Crippen LogP contribution in [0.1, 0.15) is 5.56 Å². The normalized spacial score (nSPS) is 14.4. The second kappa shape index (κ2) is 10.7. The fraction of sp³-hybridized carbons (Fsp3) is 0.240. The summed E-state index contributed by atoms with van der Waals surface area (Å²) in [4.78, 5) is 26.4. The lowest BCUT2D eigenvalue weighted by molar-refractivity contribution is -0.384. The van der Waals surface area contributed by atoms with Gasteiger partial charge in [0.1, 0.15) is 5.82 Å². The predicted octanol–water partition coefficient (Wildman–Crippen LogP) is 3.03. The Morgan fingerprint density at radius 3 is 2.38 bits per heavy atom. The molecule has 3 heterocycles. The van der Waals surface area contributed by atoms with E-state index < -0.39 is 20.8 Å². The first-order chi connectivity index (χ1) is 18.8. The summed E-state index contributed by atoms with van der Waals surface area (Å²) in [5.74, 6) is 0.428. The van der Waals surface area contributed by atoms with Crippen LogP contribution in [0.25, 0.3) is 11.2 Å². The smallest absolute Gasteiger partial charge is 0.269 e. The van der Waals surface area contributed by atoms with Crippen LogP contribution in [0.5, 0.6) is 0 Å². The van der Waals surface area contributed by atoms with Crippen molar-refractivity contribution < 1.29 is 17.7 Å². The van der Waals surface area contributed by atoms with Gasteiger partial charge in [0, 0.05) is 44.9 Å². The molecule has 5 rings (SSSR count). The van der Waals surface area contributed by atoms with Gasteiger partial charge in [0.2, 0.25) is 16.0 Å². The molecule has 0 saturated carbocycles. The number of aromatic nitrogens is 4. The number of benzene rings is 2. The molecule has 1 N–H and O–H groups in total. The SMILES string of the molecule is C=CCNc1nc(N2CCN(S(=O)(=O)c3ccc(F)cc3)CC2)nc2c1ncn2Cc1ccc([N+](=O)[O-])cc1. The molecule has 0 radical (unpaired) electrons. The highest BCUT2D eigenvalue weighted by Crippen LogP contribution is 2.26. The van der Waals surface area contributed by atoms with Gasteiger partial charge >= 0.3 is 0 Å². The van der Waals surface area contributed by atoms with Crippen LogP contribution in [0, 0.1) is 15.9 Å². The number of piperazine rings is 1. The van der Waals surface area contributed by atoms with Gasteiger partial charge in [-0.2, -0.15) is 14.3 Å². The summed E-state index contributed by atoms with van der Waals surface area (Å²) in [6, 6.07) is 11.0. The number of imidazole rings is 1. The summed E-state index contributed by atoms with van der Waals surface area (Å²) in [5, 5.41) is 14.2. The van der Waals surface area contributed by atoms with Gasteiger partial charge in [-0.3, -0.25) is 10.1 Å². The molecule has 1 aliphatic heterocycles. The molecule has 0 amide bonds. The minimum Gasteiger partial charge on any atom is -0.365 e. The Labute approximate surface area is 223 Å². The van der Waals surface area contributed by atoms with Crippen LogP contribution < -0.4 is 10.2 Å². The zero-order chi connectivity index (χ0) is 27.6. The molecule has 0 bridgehead atoms. The zero-order valence-electron chi connectivity index (χ0n) is 20.8. The molecule has 202 valence electrons. The monoisotopic (exact) mass is 552 g/mol. The molecule has 2 aromatic heterocycles. The average molecular weight is 553 g/mol. The van der Waals surface area contributed by atoms with Crippen LogP contribution in [0.4, 0.5) is 21.8 Å². The van der Waals surface area contributed by atoms with Gasteiger partial charge in [-0.1, -0.05) is 18.2 Å². The van der Waals surface area contributed by atoms with E-state index >= 15 is 0 Å². The summed E-state index contributed by atoms with van der Waals surface area (Å²) in [6.45, 7) is 5.68. The Morgan fingerprint density at radius 2 is 1.74 bits per heavy atom. The quantitative estimate of drug-likeness (QED) is 0.189. The lowest BCUT2D eigenvalue weighted by atomic mass is 10.2. The van der Waals surface area contributed by atoms with E-state index in [1.807, 2.05) is 9.47 Å². The van der Waals surface area contributed by atoms with Gasteiger partial charge in [-0.15, -0.1) is 6.58 Å². The first kappa shape index (κ1) is 26.2. The van der Waals surface area contributed by atoms with E-state index in [9.17, 15) is 22.9 Å². The molecular formula is C25H25FN8O4S. The summed E-state index contributed by atoms with van der Waals surface area (Å²) in [6.07, 6.45) is 3.33. The maximum absolute atomic E-state index is 13.3. The summed E-state index contributed by atoms with van der Waals surface area (Å²) >= 11 is 0. The molecule has 1 fully saturated rings. The molecule has 0 aliphatic carbocycles. The van der Waals surface area contributed by atoms with E-state index in [4.69, 9.17) is 4.98 Å². The highest BCUT2D eigenvalue weighted by molar-refractivity contribution is 7.89. The third kappa shape index (κ3) is 5.42. The van der Waals surface area contributed by atoms with E-state index in [1.54, 1.807) is 24.5 Å². The fourth-order valence-corrected chi connectivity index (χ4v) is 5.71. The Hall–Kier alpha value is -4.43. The van der Waals surface area contributed by atoms with E-state index in [1.165, 1.54) is 28.6 Å². The standard InChI is InChI=1S/C25H25FN8O4S/c1-2-11-27-23-22-24(32(17-28-22)16-18-3-7-20(8-4-18)34(35)36)30-25(29-23)31-12-14-33(15-13-31)39(37,38)21-9-5-19(26)6-10-21/h2-10,17H,1,11-16H2,(H,27,29,30). The Bertz CT molecular complexity index is 1620. The van der Waals surface area contributed by atoms with E-state index in [0.29, 0.717) is 49.1 Å². The van der Waals surface area contributed by atoms with E-state index in [0.717, 1.165) is 17.7 Å². The number of hydrogen-bond donors (Lipinski definition) is 1. The molecule has 1 aliphatic rings. The summed E-state index contributed by atoms with van der Waals surface area (Å²) in [7, 11) is -3.76. The van der Waals surface area contributed by atoms with Crippen LogP contribution in [0.3, 0.4) is 0 Å². The van der Waals surface area contributed by atoms with Gasteiger partial charge in [-0.05, 0) is 29.8 Å². The lowest BCUT2D eigenvalue weighted by Gasteiger charge is -2.34. The molecule has 39 heavy (non-hydrogen) atoms. The second-order valence-corrected chi connectivity index (χ2v) is 10.8. The molecular weight excluding hydrogens is 527 g/mol. The lowest BCUT2D eigenvalue weighted by Crippen LogP contribution is -2.49. The first-order valence-corrected chi connectivity index (χ1v) is 13.5. The number of anilines is 2. The van der Waals surface area contributed by atoms with E-state index in [2.05, 4.69) is 21.9 Å². The molecule has 0 unspecified atom stereocenters. The number of nitrogens with one attached hydrogen (secondary N) is 1. The molecule has 2 aromatic carbocycles. The number of rotatable bonds is 9. The van der Waals surface area contributed by atoms with Crippen molar-refractivity contribution in [1.82, 2.24) is 23.8 Å². The molecule has 0 spiro atoms. The van der Waals surface area contributed by atoms with Gasteiger partial charge in [0.05, 0.1) is 22.7 Å². The van der Waals surface area contributed by atoms with Gasteiger partial charge in [0.25, 0.3) is 5.69 Å². The zero-order valence-corrected chi connectivity index (χ0v) is 21.6. The van der Waals surface area contributed by atoms with Crippen molar-refractivity contribution in [1.29, 1.82) is 0 Å². The van der Waals surface area contributed by atoms with Crippen molar-refractivity contribution in [2.45, 2.75) is 11.4 Å². The Balaban J connectivity index is 1.40. The Kier molecular flexibility index (Phi) is 7.21. The number of nitro benzene ring substituents is 1. The first-order valence-electron chi connectivity index (χ1n) is 12.1. The topological polar surface area (TPSA) is 139 Å². The summed E-state index contributed by atoms with van der Waals surface area (Å²) in [5.41, 5.74) is 1.96. The number of nitro groups is 1. The van der Waals surface area contributed by atoms with E-state index in [-0.39, 0.29) is 23.7 Å². The largest absolute Gasteiger partial charge is 0.365 e. The fourth-order valence-electron chi connectivity index (χ4n) is 4.29. The van der Waals surface area contributed by atoms with Crippen LogP contribution in [0.2, 0.25) is 0 Å². The average Bonchev–Trinajstić information content (AvgIpc) is 3.35. The van der Waals surface area contributed by atoms with Crippen LogP contribution in [0.15, 0.2) is 72.4 Å². The number of hydrogen-bond acceptors (Lipinski definition) is 9. The minimum atomic E-state index is -3.76. The van der Waals surface area contributed by atoms with Crippen molar-refractivity contribution in [3.05, 3.63) is 89.0 Å². The predicted molar refractivity (Wildman–Crippen MR) is 144 cm³/mol. The molecule has 14 heteroatoms. The minimum absolute atomic E-state index is 0.00958. The van der Waals surface area contributed by atoms with Crippen molar-refractivity contribution in [2.24, 2.45) is 0 Å². The van der Waals surface area contributed by atoms with Crippen molar-refractivity contribution >= 4 is 38.6 Å². The molecule has 4 aromatic rings. The van der Waals surface area contributed by atoms with Gasteiger partial charge in [-0.25, -0.2) is 17.8 Å². The number of nitrogens with zero attached hydrogens (tertiary/aromatic N) is 7. The van der Waals surface area contributed by atoms with Gasteiger partial charge < -0.3 is 14.8 Å². The molecule has 1 saturated heterocycles. The van der Waals surface area contributed by atoms with Crippen LogP contribution in [-0.4, -0.2) is 69.9 Å². The maximum Gasteiger partial charge on any atom is 0.269 e. The van der Waals surface area contributed by atoms with Crippen molar-refractivity contribution in [3.63, 3.8) is 0 Å². The van der Waals surface area contributed by atoms with Gasteiger partial charge in [0.15, 0.2) is 17.0 Å². The number of fused-ring (bicyclic) bond motifs is 1. The maximum atomic E-state index is 13.3. The molecule has 12 nitrogen and oxygen atoms in total. The van der Waals surface area contributed by atoms with Crippen molar-refractivity contribution in [2.75, 3.05) is 42.9 Å². The second-order valence-electron chi connectivity index (χ2n) is 8.86. The molecule has 0 atom stereocenters. The number of halogens is 1. The highest BCUT2D eigenvalue weighted by atomic mass is 32.2. The third-order valence-electron chi connectivity index (χ3n) is 6.34. The van der Waals surface area contributed by atoms with Crippen LogP contribution >= 0.6 is 0 Å². The van der Waals surface area contributed by atoms with Crippen molar-refractivity contribution in [3.8, 4) is 0 Å². The number of non-ortho nitro benzene ring substituents is 1. The highest BCUT2D eigenvalue weighted by Gasteiger charge is 2.30. The summed E-state index contributed by atoms with van der Waals surface area (Å²) < 4.78 is 42.5. The number of sulfonamides is 1. The Morgan fingerprint density at radius 1 is 1.05 bits per heavy atom. The third-order valence-corrected chi connectivity index (χ3v) is 8.25.